The summed E-state index contributed by atoms with van der Waals surface area (Å²) in [6.07, 6.45) is 0. The molecule has 1 amide bonds. The third-order valence-corrected chi connectivity index (χ3v) is 3.67. The maximum atomic E-state index is 12.5. The number of aliphatic hydroxyl groups is 1. The highest BCUT2D eigenvalue weighted by Gasteiger charge is 2.32. The van der Waals surface area contributed by atoms with Gasteiger partial charge >= 0.3 is 0 Å². The van der Waals surface area contributed by atoms with E-state index in [4.69, 9.17) is 5.11 Å². The average Bonchev–Trinajstić information content (AvgIpc) is 2.35. The summed E-state index contributed by atoms with van der Waals surface area (Å²) in [6.45, 7) is 6.74. The van der Waals surface area contributed by atoms with Crippen molar-refractivity contribution in [2.45, 2.75) is 26.2 Å². The third kappa shape index (κ3) is 3.33. The van der Waals surface area contributed by atoms with Crippen LogP contribution in [-0.4, -0.2) is 35.6 Å². The van der Waals surface area contributed by atoms with Gasteiger partial charge in [0, 0.05) is 17.6 Å². The lowest BCUT2D eigenvalue weighted by Crippen LogP contribution is -2.44. The zero-order chi connectivity index (χ0) is 13.8. The molecule has 18 heavy (non-hydrogen) atoms. The van der Waals surface area contributed by atoms with E-state index in [2.05, 4.69) is 15.9 Å². The van der Waals surface area contributed by atoms with Crippen LogP contribution in [0.5, 0.6) is 0 Å². The first kappa shape index (κ1) is 15.2. The minimum Gasteiger partial charge on any atom is -0.395 e. The molecule has 0 aliphatic rings. The Morgan fingerprint density at radius 2 is 1.89 bits per heavy atom. The van der Waals surface area contributed by atoms with Gasteiger partial charge in [-0.15, -0.1) is 0 Å². The lowest BCUT2D eigenvalue weighted by atomic mass is 9.83. The van der Waals surface area contributed by atoms with E-state index < -0.39 is 5.41 Å². The molecule has 0 atom stereocenters. The van der Waals surface area contributed by atoms with Gasteiger partial charge in [-0.1, -0.05) is 28.1 Å². The highest BCUT2D eigenvalue weighted by Crippen LogP contribution is 2.27. The normalized spacial score (nSPS) is 11.4. The number of hydrogen-bond acceptors (Lipinski definition) is 2. The standard InChI is InChI=1S/C14H20BrNO2/c1-4-16(9-10-17)13(18)14(2,3)11-5-7-12(15)8-6-11/h5-8,17H,4,9-10H2,1-3H3. The Hall–Kier alpha value is -0.870. The van der Waals surface area contributed by atoms with E-state index in [1.54, 1.807) is 4.90 Å². The molecule has 0 aliphatic heterocycles. The molecule has 3 nitrogen and oxygen atoms in total. The second kappa shape index (κ2) is 6.34. The summed E-state index contributed by atoms with van der Waals surface area (Å²) in [5.41, 5.74) is 0.401. The number of likely N-dealkylation sites (N-methyl/N-ethyl adjacent to an activating group) is 1. The predicted molar refractivity (Wildman–Crippen MR) is 76.5 cm³/mol. The van der Waals surface area contributed by atoms with Gasteiger partial charge in [-0.25, -0.2) is 0 Å². The minimum absolute atomic E-state index is 0.00397. The van der Waals surface area contributed by atoms with Gasteiger partial charge in [0.15, 0.2) is 0 Å². The van der Waals surface area contributed by atoms with Crippen molar-refractivity contribution < 1.29 is 9.90 Å². The molecular weight excluding hydrogens is 294 g/mol. The molecule has 0 saturated carbocycles. The van der Waals surface area contributed by atoms with Gasteiger partial charge in [0.25, 0.3) is 0 Å². The number of halogens is 1. The molecule has 1 aromatic carbocycles. The maximum absolute atomic E-state index is 12.5. The van der Waals surface area contributed by atoms with Crippen molar-refractivity contribution in [1.29, 1.82) is 0 Å². The van der Waals surface area contributed by atoms with E-state index in [-0.39, 0.29) is 12.5 Å². The zero-order valence-electron chi connectivity index (χ0n) is 11.1. The van der Waals surface area contributed by atoms with Crippen molar-refractivity contribution >= 4 is 21.8 Å². The summed E-state index contributed by atoms with van der Waals surface area (Å²) >= 11 is 3.39. The molecule has 1 rings (SSSR count). The Morgan fingerprint density at radius 3 is 2.33 bits per heavy atom. The topological polar surface area (TPSA) is 40.5 Å². The molecule has 100 valence electrons. The fraction of sp³-hybridized carbons (Fsp3) is 0.500. The monoisotopic (exact) mass is 313 g/mol. The molecule has 1 N–H and O–H groups in total. The van der Waals surface area contributed by atoms with E-state index in [0.717, 1.165) is 10.0 Å². The number of aliphatic hydroxyl groups excluding tert-OH is 1. The van der Waals surface area contributed by atoms with Gasteiger partial charge in [0.05, 0.1) is 12.0 Å². The molecule has 0 aromatic heterocycles. The van der Waals surface area contributed by atoms with Crippen LogP contribution in [-0.2, 0) is 10.2 Å². The highest BCUT2D eigenvalue weighted by atomic mass is 79.9. The van der Waals surface area contributed by atoms with Crippen molar-refractivity contribution in [1.82, 2.24) is 4.90 Å². The van der Waals surface area contributed by atoms with Crippen molar-refractivity contribution in [3.63, 3.8) is 0 Å². The number of carbonyl (C=O) groups is 1. The number of hydrogen-bond donors (Lipinski definition) is 1. The van der Waals surface area contributed by atoms with Gasteiger partial charge in [-0.2, -0.15) is 0 Å². The average molecular weight is 314 g/mol. The van der Waals surface area contributed by atoms with Gasteiger partial charge in [-0.3, -0.25) is 4.79 Å². The highest BCUT2D eigenvalue weighted by molar-refractivity contribution is 9.10. The molecule has 0 spiro atoms. The van der Waals surface area contributed by atoms with Gasteiger partial charge in [-0.05, 0) is 38.5 Å². The van der Waals surface area contributed by atoms with E-state index >= 15 is 0 Å². The first-order valence-electron chi connectivity index (χ1n) is 6.09. The summed E-state index contributed by atoms with van der Waals surface area (Å²) in [4.78, 5) is 14.2. The van der Waals surface area contributed by atoms with E-state index in [0.29, 0.717) is 13.1 Å². The number of benzene rings is 1. The molecule has 4 heteroatoms. The van der Waals surface area contributed by atoms with Crippen LogP contribution in [0.4, 0.5) is 0 Å². The predicted octanol–water partition coefficient (Wildman–Crippen LogP) is 2.57. The summed E-state index contributed by atoms with van der Waals surface area (Å²) < 4.78 is 0.997. The van der Waals surface area contributed by atoms with Crippen LogP contribution >= 0.6 is 15.9 Å². The Labute approximate surface area is 117 Å². The van der Waals surface area contributed by atoms with Crippen molar-refractivity contribution in [2.24, 2.45) is 0 Å². The lowest BCUT2D eigenvalue weighted by Gasteiger charge is -2.31. The number of nitrogens with zero attached hydrogens (tertiary/aromatic N) is 1. The summed E-state index contributed by atoms with van der Waals surface area (Å²) in [7, 11) is 0. The molecule has 0 fully saturated rings. The SMILES string of the molecule is CCN(CCO)C(=O)C(C)(C)c1ccc(Br)cc1. The third-order valence-electron chi connectivity index (χ3n) is 3.14. The van der Waals surface area contributed by atoms with Gasteiger partial charge in [0.2, 0.25) is 5.91 Å². The summed E-state index contributed by atoms with van der Waals surface area (Å²) in [5, 5.41) is 8.99. The van der Waals surface area contributed by atoms with Gasteiger partial charge in [0.1, 0.15) is 0 Å². The largest absolute Gasteiger partial charge is 0.395 e. The fourth-order valence-corrected chi connectivity index (χ4v) is 2.17. The maximum Gasteiger partial charge on any atom is 0.232 e. The molecule has 0 radical (unpaired) electrons. The summed E-state index contributed by atoms with van der Waals surface area (Å²) in [6, 6.07) is 7.78. The second-order valence-corrected chi connectivity index (χ2v) is 5.66. The van der Waals surface area contributed by atoms with Gasteiger partial charge < -0.3 is 10.0 Å². The lowest BCUT2D eigenvalue weighted by molar-refractivity contribution is -0.136. The van der Waals surface area contributed by atoms with Crippen molar-refractivity contribution in [3.8, 4) is 0 Å². The number of amides is 1. The van der Waals surface area contributed by atoms with E-state index in [9.17, 15) is 4.79 Å². The molecule has 0 heterocycles. The molecule has 0 aliphatic carbocycles. The number of rotatable bonds is 5. The molecule has 0 unspecified atom stereocenters. The Morgan fingerprint density at radius 1 is 1.33 bits per heavy atom. The molecule has 0 saturated heterocycles. The van der Waals surface area contributed by atoms with Crippen molar-refractivity contribution in [3.05, 3.63) is 34.3 Å². The zero-order valence-corrected chi connectivity index (χ0v) is 12.7. The first-order chi connectivity index (χ1) is 8.43. The number of carbonyl (C=O) groups excluding carboxylic acids is 1. The first-order valence-corrected chi connectivity index (χ1v) is 6.89. The summed E-state index contributed by atoms with van der Waals surface area (Å²) in [5.74, 6) is 0.0429. The quantitative estimate of drug-likeness (QED) is 0.907. The molecule has 1 aromatic rings. The van der Waals surface area contributed by atoms with Crippen LogP contribution in [0.2, 0.25) is 0 Å². The Balaban J connectivity index is 2.97. The van der Waals surface area contributed by atoms with Crippen LogP contribution < -0.4 is 0 Å². The van der Waals surface area contributed by atoms with E-state index in [1.165, 1.54) is 0 Å². The van der Waals surface area contributed by atoms with Crippen LogP contribution in [0.25, 0.3) is 0 Å². The molecule has 0 bridgehead atoms. The van der Waals surface area contributed by atoms with Crippen LogP contribution in [0.3, 0.4) is 0 Å². The smallest absolute Gasteiger partial charge is 0.232 e. The Kier molecular flexibility index (Phi) is 5.35. The Bertz CT molecular complexity index is 401. The van der Waals surface area contributed by atoms with E-state index in [1.807, 2.05) is 45.0 Å². The van der Waals surface area contributed by atoms with Crippen LogP contribution in [0.1, 0.15) is 26.3 Å². The fourth-order valence-electron chi connectivity index (χ4n) is 1.91. The van der Waals surface area contributed by atoms with Crippen LogP contribution in [0.15, 0.2) is 28.7 Å². The molecular formula is C14H20BrNO2. The second-order valence-electron chi connectivity index (χ2n) is 4.74. The van der Waals surface area contributed by atoms with Crippen LogP contribution in [0, 0.1) is 0 Å². The van der Waals surface area contributed by atoms with Crippen molar-refractivity contribution in [2.75, 3.05) is 19.7 Å². The minimum atomic E-state index is -0.577.